The molecule has 4 rings (SSSR count). The van der Waals surface area contributed by atoms with E-state index in [1.54, 1.807) is 12.1 Å². The number of aromatic nitrogens is 1. The lowest BCUT2D eigenvalue weighted by atomic mass is 9.90. The SMILES string of the molecule is O=C1COc2ccc(NC(=O)C(c3ccccc3)c3ccccc3)nc2N1. The highest BCUT2D eigenvalue weighted by atomic mass is 16.5. The highest BCUT2D eigenvalue weighted by Gasteiger charge is 2.24. The summed E-state index contributed by atoms with van der Waals surface area (Å²) in [6.45, 7) is -0.0372. The largest absolute Gasteiger partial charge is 0.480 e. The van der Waals surface area contributed by atoms with Crippen LogP contribution in [-0.4, -0.2) is 23.4 Å². The van der Waals surface area contributed by atoms with Crippen molar-refractivity contribution in [2.24, 2.45) is 0 Å². The van der Waals surface area contributed by atoms with Crippen LogP contribution in [0.3, 0.4) is 0 Å². The summed E-state index contributed by atoms with van der Waals surface area (Å²) in [6.07, 6.45) is 0. The van der Waals surface area contributed by atoms with E-state index in [2.05, 4.69) is 15.6 Å². The van der Waals surface area contributed by atoms with Gasteiger partial charge < -0.3 is 15.4 Å². The molecule has 0 atom stereocenters. The van der Waals surface area contributed by atoms with Gasteiger partial charge in [-0.15, -0.1) is 0 Å². The van der Waals surface area contributed by atoms with Crippen LogP contribution in [0.15, 0.2) is 72.8 Å². The molecule has 27 heavy (non-hydrogen) atoms. The Labute approximate surface area is 156 Å². The molecule has 6 heteroatoms. The van der Waals surface area contributed by atoms with Crippen LogP contribution < -0.4 is 15.4 Å². The van der Waals surface area contributed by atoms with Crippen molar-refractivity contribution in [1.29, 1.82) is 0 Å². The Balaban J connectivity index is 1.63. The Hall–Kier alpha value is -3.67. The molecule has 0 spiro atoms. The molecular weight excluding hydrogens is 342 g/mol. The quantitative estimate of drug-likeness (QED) is 0.750. The Bertz CT molecular complexity index is 935. The molecule has 2 N–H and O–H groups in total. The van der Waals surface area contributed by atoms with Crippen LogP contribution in [0.4, 0.5) is 11.6 Å². The summed E-state index contributed by atoms with van der Waals surface area (Å²) in [6, 6.07) is 22.5. The topological polar surface area (TPSA) is 80.3 Å². The number of pyridine rings is 1. The summed E-state index contributed by atoms with van der Waals surface area (Å²) in [5.41, 5.74) is 1.77. The van der Waals surface area contributed by atoms with E-state index in [1.807, 2.05) is 60.7 Å². The predicted octanol–water partition coefficient (Wildman–Crippen LogP) is 3.18. The average molecular weight is 359 g/mol. The van der Waals surface area contributed by atoms with E-state index < -0.39 is 5.92 Å². The van der Waals surface area contributed by atoms with Crippen molar-refractivity contribution < 1.29 is 14.3 Å². The third-order valence-electron chi connectivity index (χ3n) is 4.25. The number of rotatable bonds is 4. The molecular formula is C21H17N3O3. The molecule has 0 aliphatic carbocycles. The predicted molar refractivity (Wildman–Crippen MR) is 102 cm³/mol. The molecule has 1 aromatic heterocycles. The Morgan fingerprint density at radius 1 is 0.963 bits per heavy atom. The second-order valence-electron chi connectivity index (χ2n) is 6.12. The van der Waals surface area contributed by atoms with E-state index in [-0.39, 0.29) is 18.4 Å². The van der Waals surface area contributed by atoms with Crippen LogP contribution in [-0.2, 0) is 9.59 Å². The molecule has 6 nitrogen and oxygen atoms in total. The van der Waals surface area contributed by atoms with Crippen LogP contribution in [0.25, 0.3) is 0 Å². The van der Waals surface area contributed by atoms with E-state index in [9.17, 15) is 9.59 Å². The number of anilines is 2. The molecule has 0 saturated carbocycles. The van der Waals surface area contributed by atoms with E-state index in [0.29, 0.717) is 17.4 Å². The fraction of sp³-hybridized carbons (Fsp3) is 0.0952. The normalized spacial score (nSPS) is 12.7. The fourth-order valence-electron chi connectivity index (χ4n) is 3.02. The zero-order valence-electron chi connectivity index (χ0n) is 14.4. The standard InChI is InChI=1S/C21H17N3O3/c25-18-13-27-16-11-12-17(22-20(16)24-18)23-21(26)19(14-7-3-1-4-8-14)15-9-5-2-6-10-15/h1-12,19H,13H2,(H2,22,23,24,25,26). The van der Waals surface area contributed by atoms with Gasteiger partial charge in [0.25, 0.3) is 5.91 Å². The van der Waals surface area contributed by atoms with Gasteiger partial charge in [-0.1, -0.05) is 60.7 Å². The zero-order chi connectivity index (χ0) is 18.6. The third kappa shape index (κ3) is 3.64. The Kier molecular flexibility index (Phi) is 4.53. The van der Waals surface area contributed by atoms with Gasteiger partial charge in [0.2, 0.25) is 5.91 Å². The fourth-order valence-corrected chi connectivity index (χ4v) is 3.02. The number of nitrogens with zero attached hydrogens (tertiary/aromatic N) is 1. The second kappa shape index (κ2) is 7.29. The smallest absolute Gasteiger partial charge is 0.263 e. The molecule has 0 unspecified atom stereocenters. The molecule has 2 aromatic carbocycles. The first-order valence-electron chi connectivity index (χ1n) is 8.55. The van der Waals surface area contributed by atoms with Crippen molar-refractivity contribution in [3.05, 3.63) is 83.9 Å². The minimum atomic E-state index is -0.476. The van der Waals surface area contributed by atoms with Crippen LogP contribution >= 0.6 is 0 Å². The van der Waals surface area contributed by atoms with Crippen molar-refractivity contribution in [3.63, 3.8) is 0 Å². The van der Waals surface area contributed by atoms with E-state index in [0.717, 1.165) is 11.1 Å². The summed E-state index contributed by atoms with van der Waals surface area (Å²) < 4.78 is 5.29. The number of hydrogen-bond acceptors (Lipinski definition) is 4. The van der Waals surface area contributed by atoms with Gasteiger partial charge in [-0.05, 0) is 23.3 Å². The molecule has 2 amide bonds. The van der Waals surface area contributed by atoms with Crippen molar-refractivity contribution in [3.8, 4) is 5.75 Å². The summed E-state index contributed by atoms with van der Waals surface area (Å²) in [5.74, 6) is 0.181. The maximum absolute atomic E-state index is 13.1. The lowest BCUT2D eigenvalue weighted by Crippen LogP contribution is -2.27. The minimum absolute atomic E-state index is 0.0372. The Morgan fingerprint density at radius 2 is 1.59 bits per heavy atom. The number of fused-ring (bicyclic) bond motifs is 1. The molecule has 1 aliphatic heterocycles. The summed E-state index contributed by atoms with van der Waals surface area (Å²) in [4.78, 5) is 28.8. The van der Waals surface area contributed by atoms with Gasteiger partial charge in [0.05, 0.1) is 5.92 Å². The first-order valence-corrected chi connectivity index (χ1v) is 8.55. The molecule has 0 saturated heterocycles. The third-order valence-corrected chi connectivity index (χ3v) is 4.25. The first kappa shape index (κ1) is 16.8. The van der Waals surface area contributed by atoms with Gasteiger partial charge in [0.1, 0.15) is 5.82 Å². The van der Waals surface area contributed by atoms with Crippen LogP contribution in [0.2, 0.25) is 0 Å². The van der Waals surface area contributed by atoms with Gasteiger partial charge in [-0.3, -0.25) is 9.59 Å². The van der Waals surface area contributed by atoms with Crippen molar-refractivity contribution in [1.82, 2.24) is 4.98 Å². The molecule has 0 bridgehead atoms. The number of ether oxygens (including phenoxy) is 1. The van der Waals surface area contributed by atoms with Crippen molar-refractivity contribution in [2.75, 3.05) is 17.2 Å². The van der Waals surface area contributed by atoms with Gasteiger partial charge in [-0.25, -0.2) is 4.98 Å². The first-order chi connectivity index (χ1) is 13.2. The molecule has 3 aromatic rings. The van der Waals surface area contributed by atoms with Gasteiger partial charge in [-0.2, -0.15) is 0 Å². The van der Waals surface area contributed by atoms with Gasteiger partial charge in [0.15, 0.2) is 18.2 Å². The molecule has 134 valence electrons. The van der Waals surface area contributed by atoms with Gasteiger partial charge in [0, 0.05) is 0 Å². The molecule has 0 fully saturated rings. The monoisotopic (exact) mass is 359 g/mol. The minimum Gasteiger partial charge on any atom is -0.480 e. The van der Waals surface area contributed by atoms with Crippen LogP contribution in [0, 0.1) is 0 Å². The van der Waals surface area contributed by atoms with Crippen molar-refractivity contribution >= 4 is 23.5 Å². The highest BCUT2D eigenvalue weighted by Crippen LogP contribution is 2.29. The lowest BCUT2D eigenvalue weighted by molar-refractivity contribution is -0.118. The summed E-state index contributed by atoms with van der Waals surface area (Å²) in [7, 11) is 0. The van der Waals surface area contributed by atoms with Crippen LogP contribution in [0.5, 0.6) is 5.75 Å². The second-order valence-corrected chi connectivity index (χ2v) is 6.12. The number of benzene rings is 2. The number of carbonyl (C=O) groups is 2. The molecule has 1 aliphatic rings. The van der Waals surface area contributed by atoms with Crippen LogP contribution in [0.1, 0.15) is 17.0 Å². The van der Waals surface area contributed by atoms with E-state index in [1.165, 1.54) is 0 Å². The zero-order valence-corrected chi connectivity index (χ0v) is 14.4. The molecule has 2 heterocycles. The lowest BCUT2D eigenvalue weighted by Gasteiger charge is -2.20. The average Bonchev–Trinajstić information content (AvgIpc) is 2.69. The maximum Gasteiger partial charge on any atom is 0.263 e. The van der Waals surface area contributed by atoms with E-state index >= 15 is 0 Å². The number of amides is 2. The summed E-state index contributed by atoms with van der Waals surface area (Å²) in [5, 5.41) is 5.49. The number of hydrogen-bond donors (Lipinski definition) is 2. The van der Waals surface area contributed by atoms with E-state index in [4.69, 9.17) is 4.74 Å². The molecule has 0 radical (unpaired) electrons. The number of nitrogens with one attached hydrogen (secondary N) is 2. The maximum atomic E-state index is 13.1. The number of carbonyl (C=O) groups excluding carboxylic acids is 2. The Morgan fingerprint density at radius 3 is 2.22 bits per heavy atom. The highest BCUT2D eigenvalue weighted by molar-refractivity contribution is 5.98. The summed E-state index contributed by atoms with van der Waals surface area (Å²) >= 11 is 0. The van der Waals surface area contributed by atoms with Gasteiger partial charge >= 0.3 is 0 Å². The van der Waals surface area contributed by atoms with Crippen molar-refractivity contribution in [2.45, 2.75) is 5.92 Å².